The average Bonchev–Trinajstić information content (AvgIpc) is 3.50. The maximum Gasteiger partial charge on any atom is 0.291 e. The van der Waals surface area contributed by atoms with Crippen molar-refractivity contribution < 1.29 is 13.9 Å². The monoisotopic (exact) mass is 445 g/mol. The van der Waals surface area contributed by atoms with Gasteiger partial charge in [0.15, 0.2) is 11.4 Å². The number of methoxy groups -OCH3 is 1. The number of H-pyrrole nitrogens is 1. The molecule has 0 aliphatic heterocycles. The molecule has 9 heteroatoms. The molecule has 4 heterocycles. The number of fused-ring (bicyclic) bond motifs is 1. The van der Waals surface area contributed by atoms with Gasteiger partial charge in [0.05, 0.1) is 23.9 Å². The fourth-order valence-electron chi connectivity index (χ4n) is 3.24. The Morgan fingerprint density at radius 3 is 2.72 bits per heavy atom. The summed E-state index contributed by atoms with van der Waals surface area (Å²) in [5, 5.41) is 3.28. The summed E-state index contributed by atoms with van der Waals surface area (Å²) in [6, 6.07) is 14.0. The van der Waals surface area contributed by atoms with Gasteiger partial charge in [0, 0.05) is 40.8 Å². The van der Waals surface area contributed by atoms with Crippen LogP contribution in [0.15, 0.2) is 71.6 Å². The van der Waals surface area contributed by atoms with Crippen molar-refractivity contribution in [3.05, 3.63) is 78.0 Å². The van der Waals surface area contributed by atoms with Crippen LogP contribution in [-0.4, -0.2) is 33.0 Å². The highest BCUT2D eigenvalue weighted by Gasteiger charge is 2.14. The van der Waals surface area contributed by atoms with Gasteiger partial charge in [-0.3, -0.25) is 4.79 Å². The molecule has 5 rings (SSSR count). The summed E-state index contributed by atoms with van der Waals surface area (Å²) in [6.45, 7) is 0. The smallest absolute Gasteiger partial charge is 0.291 e. The average molecular weight is 446 g/mol. The Kier molecular flexibility index (Phi) is 5.04. The molecule has 1 aromatic carbocycles. The minimum Gasteiger partial charge on any atom is -0.481 e. The molecule has 1 amide bonds. The number of amides is 1. The Morgan fingerprint density at radius 2 is 1.97 bits per heavy atom. The molecule has 8 nitrogen and oxygen atoms in total. The van der Waals surface area contributed by atoms with Gasteiger partial charge in [0.2, 0.25) is 5.88 Å². The molecule has 0 aliphatic rings. The maximum absolute atomic E-state index is 12.3. The summed E-state index contributed by atoms with van der Waals surface area (Å²) < 4.78 is 10.2. The number of furan rings is 1. The molecular formula is C23H16ClN5O3. The number of rotatable bonds is 5. The zero-order valence-electron chi connectivity index (χ0n) is 16.8. The van der Waals surface area contributed by atoms with Crippen molar-refractivity contribution in [2.24, 2.45) is 0 Å². The van der Waals surface area contributed by atoms with E-state index in [1.165, 1.54) is 6.26 Å². The number of ether oxygens (including phenoxy) is 1. The van der Waals surface area contributed by atoms with Crippen LogP contribution in [0.4, 0.5) is 5.69 Å². The molecule has 0 spiro atoms. The molecule has 5 aromatic rings. The highest BCUT2D eigenvalue weighted by atomic mass is 35.5. The van der Waals surface area contributed by atoms with Crippen molar-refractivity contribution in [3.63, 3.8) is 0 Å². The van der Waals surface area contributed by atoms with E-state index in [9.17, 15) is 4.79 Å². The van der Waals surface area contributed by atoms with Gasteiger partial charge in [0.25, 0.3) is 5.91 Å². The van der Waals surface area contributed by atoms with Gasteiger partial charge in [-0.2, -0.15) is 0 Å². The predicted octanol–water partition coefficient (Wildman–Crippen LogP) is 5.19. The number of hydrogen-bond donors (Lipinski definition) is 2. The van der Waals surface area contributed by atoms with E-state index in [2.05, 4.69) is 25.3 Å². The Labute approximate surface area is 187 Å². The number of hydrogen-bond acceptors (Lipinski definition) is 6. The van der Waals surface area contributed by atoms with E-state index in [0.717, 1.165) is 16.6 Å². The first kappa shape index (κ1) is 19.8. The van der Waals surface area contributed by atoms with Crippen LogP contribution in [0.1, 0.15) is 10.6 Å². The van der Waals surface area contributed by atoms with E-state index in [1.807, 2.05) is 12.1 Å². The first-order valence-corrected chi connectivity index (χ1v) is 9.99. The van der Waals surface area contributed by atoms with Crippen molar-refractivity contribution >= 4 is 34.4 Å². The highest BCUT2D eigenvalue weighted by molar-refractivity contribution is 6.33. The Balaban J connectivity index is 1.46. The number of anilines is 1. The molecular weight excluding hydrogens is 430 g/mol. The van der Waals surface area contributed by atoms with Gasteiger partial charge in [0.1, 0.15) is 5.82 Å². The number of carbonyl (C=O) groups excluding carboxylic acids is 1. The molecule has 0 atom stereocenters. The van der Waals surface area contributed by atoms with Crippen LogP contribution in [0.2, 0.25) is 5.02 Å². The van der Waals surface area contributed by atoms with E-state index >= 15 is 0 Å². The van der Waals surface area contributed by atoms with Crippen LogP contribution in [0.5, 0.6) is 5.88 Å². The van der Waals surface area contributed by atoms with E-state index in [4.69, 9.17) is 20.8 Å². The van der Waals surface area contributed by atoms with Crippen LogP contribution < -0.4 is 10.1 Å². The third-order valence-electron chi connectivity index (χ3n) is 4.84. The first-order valence-electron chi connectivity index (χ1n) is 9.61. The van der Waals surface area contributed by atoms with Gasteiger partial charge in [-0.15, -0.1) is 0 Å². The van der Waals surface area contributed by atoms with Crippen LogP contribution in [0.25, 0.3) is 33.7 Å². The Hall–Kier alpha value is -4.17. The lowest BCUT2D eigenvalue weighted by atomic mass is 10.1. The number of halogens is 1. The third-order valence-corrected chi connectivity index (χ3v) is 5.17. The predicted molar refractivity (Wildman–Crippen MR) is 121 cm³/mol. The second-order valence-corrected chi connectivity index (χ2v) is 7.30. The van der Waals surface area contributed by atoms with Gasteiger partial charge >= 0.3 is 0 Å². The topological polar surface area (TPSA) is 106 Å². The molecule has 2 N–H and O–H groups in total. The van der Waals surface area contributed by atoms with Gasteiger partial charge < -0.3 is 19.5 Å². The lowest BCUT2D eigenvalue weighted by molar-refractivity contribution is 0.0996. The van der Waals surface area contributed by atoms with Crippen LogP contribution >= 0.6 is 11.6 Å². The van der Waals surface area contributed by atoms with Crippen molar-refractivity contribution in [2.75, 3.05) is 12.4 Å². The quantitative estimate of drug-likeness (QED) is 0.385. The normalized spacial score (nSPS) is 10.9. The van der Waals surface area contributed by atoms with Gasteiger partial charge in [-0.25, -0.2) is 15.0 Å². The molecule has 0 unspecified atom stereocenters. The zero-order valence-corrected chi connectivity index (χ0v) is 17.6. The van der Waals surface area contributed by atoms with E-state index < -0.39 is 0 Å². The van der Waals surface area contributed by atoms with Crippen molar-refractivity contribution in [3.8, 4) is 28.4 Å². The summed E-state index contributed by atoms with van der Waals surface area (Å²) in [7, 11) is 1.57. The molecule has 0 fully saturated rings. The second-order valence-electron chi connectivity index (χ2n) is 6.90. The lowest BCUT2D eigenvalue weighted by Gasteiger charge is -2.07. The number of nitrogens with zero attached hydrogens (tertiary/aromatic N) is 3. The first-order chi connectivity index (χ1) is 15.6. The Bertz CT molecular complexity index is 1410. The van der Waals surface area contributed by atoms with Crippen molar-refractivity contribution in [1.82, 2.24) is 19.9 Å². The van der Waals surface area contributed by atoms with E-state index in [1.54, 1.807) is 55.9 Å². The highest BCUT2D eigenvalue weighted by Crippen LogP contribution is 2.31. The summed E-state index contributed by atoms with van der Waals surface area (Å²) in [5.74, 6) is 0.944. The number of aromatic nitrogens is 4. The standard InChI is InChI=1S/C23H16ClN5O3/c1-31-20-7-4-13(11-25-20)14-9-18-22(26-12-14)29-21(28-18)16-10-15(5-6-17(16)24)27-23(30)19-3-2-8-32-19/h2-12H,1H3,(H,27,30)(H,26,28,29). The zero-order chi connectivity index (χ0) is 22.1. The van der Waals surface area contributed by atoms with Crippen LogP contribution in [-0.2, 0) is 0 Å². The van der Waals surface area contributed by atoms with Gasteiger partial charge in [-0.05, 0) is 42.5 Å². The molecule has 158 valence electrons. The largest absolute Gasteiger partial charge is 0.481 e. The number of nitrogens with one attached hydrogen (secondary N) is 2. The number of benzene rings is 1. The van der Waals surface area contributed by atoms with E-state index in [0.29, 0.717) is 33.6 Å². The summed E-state index contributed by atoms with van der Waals surface area (Å²) in [4.78, 5) is 28.8. The molecule has 0 saturated heterocycles. The van der Waals surface area contributed by atoms with Crippen LogP contribution in [0.3, 0.4) is 0 Å². The fraction of sp³-hybridized carbons (Fsp3) is 0.0435. The molecule has 0 aliphatic carbocycles. The number of imidazole rings is 1. The van der Waals surface area contributed by atoms with Crippen molar-refractivity contribution in [1.29, 1.82) is 0 Å². The minimum atomic E-state index is -0.354. The molecule has 0 radical (unpaired) electrons. The van der Waals surface area contributed by atoms with Crippen LogP contribution in [0, 0.1) is 0 Å². The second kappa shape index (κ2) is 8.16. The summed E-state index contributed by atoms with van der Waals surface area (Å²) in [6.07, 6.45) is 4.90. The third kappa shape index (κ3) is 3.79. The summed E-state index contributed by atoms with van der Waals surface area (Å²) in [5.41, 5.74) is 4.27. The lowest BCUT2D eigenvalue weighted by Crippen LogP contribution is -2.10. The number of pyridine rings is 2. The molecule has 4 aromatic heterocycles. The summed E-state index contributed by atoms with van der Waals surface area (Å²) >= 11 is 6.42. The maximum atomic E-state index is 12.3. The fourth-order valence-corrected chi connectivity index (χ4v) is 3.45. The van der Waals surface area contributed by atoms with Gasteiger partial charge in [-0.1, -0.05) is 11.6 Å². The van der Waals surface area contributed by atoms with Crippen molar-refractivity contribution in [2.45, 2.75) is 0 Å². The SMILES string of the molecule is COc1ccc(-c2cnc3nc(-c4cc(NC(=O)c5ccco5)ccc4Cl)[nH]c3c2)cn1. The minimum absolute atomic E-state index is 0.218. The number of aromatic amines is 1. The van der Waals surface area contributed by atoms with E-state index in [-0.39, 0.29) is 11.7 Å². The number of carbonyl (C=O) groups is 1. The molecule has 32 heavy (non-hydrogen) atoms. The molecule has 0 bridgehead atoms. The Morgan fingerprint density at radius 1 is 1.09 bits per heavy atom. The molecule has 0 saturated carbocycles.